The number of carbonyl (C=O) groups is 2. The molecule has 5 heteroatoms. The number of carbonyl (C=O) groups excluding carboxylic acids is 2. The minimum absolute atomic E-state index is 0.0756. The van der Waals surface area contributed by atoms with E-state index in [2.05, 4.69) is 22.3 Å². The van der Waals surface area contributed by atoms with E-state index >= 15 is 0 Å². The van der Waals surface area contributed by atoms with Crippen LogP contribution in [0.1, 0.15) is 55.8 Å². The minimum atomic E-state index is -0.850. The lowest BCUT2D eigenvalue weighted by atomic mass is 9.86. The van der Waals surface area contributed by atoms with Gasteiger partial charge in [-0.3, -0.25) is 9.59 Å². The van der Waals surface area contributed by atoms with E-state index in [1.807, 2.05) is 49.4 Å². The molecule has 0 spiro atoms. The van der Waals surface area contributed by atoms with Gasteiger partial charge in [0.25, 0.3) is 5.91 Å². The van der Waals surface area contributed by atoms with Crippen LogP contribution in [0.25, 0.3) is 0 Å². The number of benzene rings is 2. The Labute approximate surface area is 179 Å². The molecule has 0 bridgehead atoms. The SMILES string of the molecule is CC1(C(=O)Nc2ccc(N3CCCCC3)cc2)CCCCN1C(=O)c1ccccc1. The van der Waals surface area contributed by atoms with Crippen LogP contribution in [0, 0.1) is 0 Å². The summed E-state index contributed by atoms with van der Waals surface area (Å²) in [6.07, 6.45) is 6.32. The molecular formula is C25H31N3O2. The van der Waals surface area contributed by atoms with Gasteiger partial charge >= 0.3 is 0 Å². The zero-order valence-corrected chi connectivity index (χ0v) is 17.8. The summed E-state index contributed by atoms with van der Waals surface area (Å²) in [6.45, 7) is 4.69. The van der Waals surface area contributed by atoms with Gasteiger partial charge in [0.2, 0.25) is 5.91 Å². The summed E-state index contributed by atoms with van der Waals surface area (Å²) in [5, 5.41) is 3.07. The molecule has 4 rings (SSSR count). The molecule has 1 atom stereocenters. The van der Waals surface area contributed by atoms with E-state index in [-0.39, 0.29) is 11.8 Å². The first-order chi connectivity index (χ1) is 14.6. The van der Waals surface area contributed by atoms with Gasteiger partial charge < -0.3 is 15.1 Å². The zero-order chi connectivity index (χ0) is 21.0. The fourth-order valence-corrected chi connectivity index (χ4v) is 4.59. The Bertz CT molecular complexity index is 875. The Morgan fingerprint density at radius 3 is 2.20 bits per heavy atom. The third-order valence-electron chi connectivity index (χ3n) is 6.49. The predicted molar refractivity (Wildman–Crippen MR) is 121 cm³/mol. The molecular weight excluding hydrogens is 374 g/mol. The summed E-state index contributed by atoms with van der Waals surface area (Å²) in [7, 11) is 0. The van der Waals surface area contributed by atoms with Crippen molar-refractivity contribution in [3.8, 4) is 0 Å². The van der Waals surface area contributed by atoms with Gasteiger partial charge in [-0.1, -0.05) is 18.2 Å². The van der Waals surface area contributed by atoms with Crippen molar-refractivity contribution in [1.29, 1.82) is 0 Å². The predicted octanol–water partition coefficient (Wildman–Crippen LogP) is 4.70. The van der Waals surface area contributed by atoms with Gasteiger partial charge in [0.15, 0.2) is 0 Å². The van der Waals surface area contributed by atoms with Gasteiger partial charge in [-0.2, -0.15) is 0 Å². The maximum atomic E-state index is 13.3. The third-order valence-corrected chi connectivity index (χ3v) is 6.49. The number of rotatable bonds is 4. The molecule has 2 fully saturated rings. The van der Waals surface area contributed by atoms with Crippen molar-refractivity contribution in [1.82, 2.24) is 4.90 Å². The van der Waals surface area contributed by atoms with Crippen molar-refractivity contribution in [3.63, 3.8) is 0 Å². The fourth-order valence-electron chi connectivity index (χ4n) is 4.59. The molecule has 0 aliphatic carbocycles. The maximum Gasteiger partial charge on any atom is 0.254 e. The Kier molecular flexibility index (Phi) is 6.07. The van der Waals surface area contributed by atoms with E-state index in [4.69, 9.17) is 0 Å². The molecule has 2 aliphatic rings. The molecule has 2 aromatic carbocycles. The molecule has 0 radical (unpaired) electrons. The average molecular weight is 406 g/mol. The number of anilines is 2. The number of hydrogen-bond acceptors (Lipinski definition) is 3. The summed E-state index contributed by atoms with van der Waals surface area (Å²) in [4.78, 5) is 30.6. The van der Waals surface area contributed by atoms with Crippen molar-refractivity contribution >= 4 is 23.2 Å². The average Bonchev–Trinajstić information content (AvgIpc) is 2.80. The normalized spacial score (nSPS) is 21.9. The largest absolute Gasteiger partial charge is 0.372 e. The van der Waals surface area contributed by atoms with Crippen LogP contribution in [0.2, 0.25) is 0 Å². The Hall–Kier alpha value is -2.82. The summed E-state index contributed by atoms with van der Waals surface area (Å²) in [5.74, 6) is -0.189. The topological polar surface area (TPSA) is 52.7 Å². The van der Waals surface area contributed by atoms with E-state index in [9.17, 15) is 9.59 Å². The number of amides is 2. The van der Waals surface area contributed by atoms with Gasteiger partial charge in [0, 0.05) is 36.6 Å². The number of nitrogens with zero attached hydrogens (tertiary/aromatic N) is 2. The fraction of sp³-hybridized carbons (Fsp3) is 0.440. The number of hydrogen-bond donors (Lipinski definition) is 1. The summed E-state index contributed by atoms with van der Waals surface area (Å²) < 4.78 is 0. The van der Waals surface area contributed by atoms with Crippen molar-refractivity contribution in [2.24, 2.45) is 0 Å². The standard InChI is InChI=1S/C25H31N3O2/c1-25(16-6-9-19-28(25)23(29)20-10-4-2-5-11-20)24(30)26-21-12-14-22(15-13-21)27-17-7-3-8-18-27/h2,4-5,10-15H,3,6-9,16-19H2,1H3,(H,26,30). The van der Waals surface area contributed by atoms with Crippen LogP contribution in [0.3, 0.4) is 0 Å². The van der Waals surface area contributed by atoms with Crippen molar-refractivity contribution in [2.45, 2.75) is 51.0 Å². The van der Waals surface area contributed by atoms with Crippen LogP contribution >= 0.6 is 0 Å². The zero-order valence-electron chi connectivity index (χ0n) is 17.8. The summed E-state index contributed by atoms with van der Waals surface area (Å²) in [5.41, 5.74) is 1.76. The second-order valence-electron chi connectivity index (χ2n) is 8.60. The lowest BCUT2D eigenvalue weighted by Crippen LogP contribution is -2.59. The molecule has 5 nitrogen and oxygen atoms in total. The van der Waals surface area contributed by atoms with E-state index in [0.29, 0.717) is 18.5 Å². The van der Waals surface area contributed by atoms with Crippen LogP contribution < -0.4 is 10.2 Å². The van der Waals surface area contributed by atoms with Crippen LogP contribution in [-0.4, -0.2) is 41.9 Å². The highest BCUT2D eigenvalue weighted by molar-refractivity contribution is 6.03. The molecule has 1 unspecified atom stereocenters. The summed E-state index contributed by atoms with van der Waals surface area (Å²) >= 11 is 0. The van der Waals surface area contributed by atoms with E-state index in [0.717, 1.165) is 31.6 Å². The second-order valence-corrected chi connectivity index (χ2v) is 8.60. The highest BCUT2D eigenvalue weighted by atomic mass is 16.2. The molecule has 1 N–H and O–H groups in total. The third kappa shape index (κ3) is 4.20. The number of likely N-dealkylation sites (tertiary alicyclic amines) is 1. The van der Waals surface area contributed by atoms with Crippen LogP contribution in [-0.2, 0) is 4.79 Å². The Balaban J connectivity index is 1.48. The molecule has 0 aromatic heterocycles. The van der Waals surface area contributed by atoms with Crippen molar-refractivity contribution in [3.05, 3.63) is 60.2 Å². The van der Waals surface area contributed by atoms with E-state index < -0.39 is 5.54 Å². The minimum Gasteiger partial charge on any atom is -0.372 e. The molecule has 0 saturated carbocycles. The van der Waals surface area contributed by atoms with E-state index in [1.54, 1.807) is 4.90 Å². The second kappa shape index (κ2) is 8.90. The molecule has 2 aromatic rings. The van der Waals surface area contributed by atoms with Crippen molar-refractivity contribution in [2.75, 3.05) is 29.9 Å². The molecule has 158 valence electrons. The molecule has 2 saturated heterocycles. The van der Waals surface area contributed by atoms with Crippen LogP contribution in [0.5, 0.6) is 0 Å². The first-order valence-corrected chi connectivity index (χ1v) is 11.1. The molecule has 2 aliphatic heterocycles. The van der Waals surface area contributed by atoms with Crippen molar-refractivity contribution < 1.29 is 9.59 Å². The smallest absolute Gasteiger partial charge is 0.254 e. The van der Waals surface area contributed by atoms with Gasteiger partial charge in [-0.15, -0.1) is 0 Å². The molecule has 2 amide bonds. The van der Waals surface area contributed by atoms with Gasteiger partial charge in [-0.25, -0.2) is 0 Å². The quantitative estimate of drug-likeness (QED) is 0.802. The van der Waals surface area contributed by atoms with Crippen LogP contribution in [0.4, 0.5) is 11.4 Å². The summed E-state index contributed by atoms with van der Waals surface area (Å²) in [6, 6.07) is 17.3. The van der Waals surface area contributed by atoms with E-state index in [1.165, 1.54) is 24.9 Å². The molecule has 2 heterocycles. The number of nitrogens with one attached hydrogen (secondary N) is 1. The Morgan fingerprint density at radius 2 is 1.50 bits per heavy atom. The van der Waals surface area contributed by atoms with Crippen LogP contribution in [0.15, 0.2) is 54.6 Å². The monoisotopic (exact) mass is 405 g/mol. The first kappa shape index (κ1) is 20.5. The van der Waals surface area contributed by atoms with Gasteiger partial charge in [0.1, 0.15) is 5.54 Å². The highest BCUT2D eigenvalue weighted by Crippen LogP contribution is 2.31. The first-order valence-electron chi connectivity index (χ1n) is 11.1. The van der Waals surface area contributed by atoms with Gasteiger partial charge in [0.05, 0.1) is 0 Å². The Morgan fingerprint density at radius 1 is 0.833 bits per heavy atom. The lowest BCUT2D eigenvalue weighted by Gasteiger charge is -2.43. The van der Waals surface area contributed by atoms with Gasteiger partial charge in [-0.05, 0) is 81.8 Å². The highest BCUT2D eigenvalue weighted by Gasteiger charge is 2.44. The molecule has 30 heavy (non-hydrogen) atoms. The number of piperidine rings is 2. The lowest BCUT2D eigenvalue weighted by molar-refractivity contribution is -0.127. The maximum absolute atomic E-state index is 13.3.